The number of carbonyl (C=O) groups excluding carboxylic acids is 1. The summed E-state index contributed by atoms with van der Waals surface area (Å²) in [7, 11) is 1.62. The number of hydrogen-bond donors (Lipinski definition) is 1. The summed E-state index contributed by atoms with van der Waals surface area (Å²) in [6, 6.07) is 15.2. The average Bonchev–Trinajstić information content (AvgIpc) is 3.07. The van der Waals surface area contributed by atoms with E-state index in [9.17, 15) is 9.18 Å². The number of amides is 1. The van der Waals surface area contributed by atoms with Crippen LogP contribution in [0.4, 0.5) is 10.1 Å². The molecule has 1 heterocycles. The summed E-state index contributed by atoms with van der Waals surface area (Å²) in [6.45, 7) is 0. The lowest BCUT2D eigenvalue weighted by molar-refractivity contribution is 0.103. The predicted molar refractivity (Wildman–Crippen MR) is 90.7 cm³/mol. The van der Waals surface area contributed by atoms with Crippen molar-refractivity contribution in [2.24, 2.45) is 0 Å². The highest BCUT2D eigenvalue weighted by Gasteiger charge is 2.10. The summed E-state index contributed by atoms with van der Waals surface area (Å²) in [5.41, 5.74) is 2.56. The van der Waals surface area contributed by atoms with Crippen molar-refractivity contribution < 1.29 is 13.9 Å². The molecule has 0 radical (unpaired) electrons. The van der Waals surface area contributed by atoms with Gasteiger partial charge in [0, 0.05) is 5.69 Å². The van der Waals surface area contributed by atoms with Crippen LogP contribution in [0.5, 0.6) is 5.75 Å². The second-order valence-corrected chi connectivity index (χ2v) is 5.80. The third kappa shape index (κ3) is 3.57. The van der Waals surface area contributed by atoms with E-state index in [1.807, 2.05) is 35.7 Å². The molecule has 0 spiro atoms. The Morgan fingerprint density at radius 1 is 1.04 bits per heavy atom. The van der Waals surface area contributed by atoms with E-state index in [2.05, 4.69) is 5.32 Å². The van der Waals surface area contributed by atoms with Crippen molar-refractivity contribution in [2.75, 3.05) is 12.4 Å². The van der Waals surface area contributed by atoms with Gasteiger partial charge in [0.25, 0.3) is 5.91 Å². The smallest absolute Gasteiger partial charge is 0.265 e. The number of carbonyl (C=O) groups is 1. The first-order valence-corrected chi connectivity index (χ1v) is 7.83. The van der Waals surface area contributed by atoms with Crippen LogP contribution in [0.2, 0.25) is 0 Å². The first-order chi connectivity index (χ1) is 11.2. The van der Waals surface area contributed by atoms with Crippen LogP contribution >= 0.6 is 11.3 Å². The van der Waals surface area contributed by atoms with Gasteiger partial charge in [-0.25, -0.2) is 4.39 Å². The zero-order chi connectivity index (χ0) is 16.2. The Morgan fingerprint density at radius 3 is 2.39 bits per heavy atom. The molecule has 0 unspecified atom stereocenters. The minimum atomic E-state index is -0.332. The van der Waals surface area contributed by atoms with Crippen molar-refractivity contribution >= 4 is 22.9 Å². The molecule has 3 rings (SSSR count). The van der Waals surface area contributed by atoms with Gasteiger partial charge in [0.05, 0.1) is 12.0 Å². The molecular formula is C18H14FNO2S. The monoisotopic (exact) mass is 327 g/mol. The number of nitrogens with one attached hydrogen (secondary N) is 1. The second kappa shape index (κ2) is 6.62. The van der Waals surface area contributed by atoms with Crippen LogP contribution in [-0.2, 0) is 0 Å². The van der Waals surface area contributed by atoms with Gasteiger partial charge in [0.2, 0.25) is 0 Å². The quantitative estimate of drug-likeness (QED) is 0.746. The molecule has 0 aliphatic carbocycles. The summed E-state index contributed by atoms with van der Waals surface area (Å²) < 4.78 is 18.0. The molecule has 1 aromatic heterocycles. The van der Waals surface area contributed by atoms with Gasteiger partial charge in [-0.05, 0) is 59.0 Å². The van der Waals surface area contributed by atoms with Crippen LogP contribution in [-0.4, -0.2) is 13.0 Å². The van der Waals surface area contributed by atoms with Gasteiger partial charge in [-0.1, -0.05) is 12.1 Å². The summed E-state index contributed by atoms with van der Waals surface area (Å²) in [5, 5.41) is 4.69. The van der Waals surface area contributed by atoms with E-state index in [0.717, 1.165) is 16.9 Å². The summed E-state index contributed by atoms with van der Waals surface area (Å²) in [6.07, 6.45) is 0. The number of thiophene rings is 1. The molecule has 3 nitrogen and oxygen atoms in total. The summed E-state index contributed by atoms with van der Waals surface area (Å²) >= 11 is 1.37. The zero-order valence-electron chi connectivity index (χ0n) is 12.4. The topological polar surface area (TPSA) is 38.3 Å². The minimum Gasteiger partial charge on any atom is -0.497 e. The number of rotatable bonds is 4. The molecule has 116 valence electrons. The highest BCUT2D eigenvalue weighted by atomic mass is 32.1. The van der Waals surface area contributed by atoms with E-state index in [0.29, 0.717) is 10.6 Å². The normalized spacial score (nSPS) is 10.3. The number of halogens is 1. The molecule has 0 saturated heterocycles. The number of ether oxygens (including phenoxy) is 1. The van der Waals surface area contributed by atoms with Gasteiger partial charge in [-0.3, -0.25) is 4.79 Å². The maximum atomic E-state index is 12.9. The highest BCUT2D eigenvalue weighted by molar-refractivity contribution is 7.12. The van der Waals surface area contributed by atoms with Crippen molar-refractivity contribution in [1.29, 1.82) is 0 Å². The Labute approximate surface area is 137 Å². The fraction of sp³-hybridized carbons (Fsp3) is 0.0556. The molecular weight excluding hydrogens is 313 g/mol. The predicted octanol–water partition coefficient (Wildman–Crippen LogP) is 4.82. The lowest BCUT2D eigenvalue weighted by Gasteiger charge is -2.03. The largest absolute Gasteiger partial charge is 0.497 e. The SMILES string of the molecule is COc1ccc(-c2csc(C(=O)Nc3ccc(F)cc3)c2)cc1. The molecule has 5 heteroatoms. The molecule has 1 N–H and O–H groups in total. The first kappa shape index (κ1) is 15.2. The van der Waals surface area contributed by atoms with E-state index in [1.165, 1.54) is 35.6 Å². The highest BCUT2D eigenvalue weighted by Crippen LogP contribution is 2.27. The van der Waals surface area contributed by atoms with Crippen LogP contribution < -0.4 is 10.1 Å². The van der Waals surface area contributed by atoms with Crippen molar-refractivity contribution in [1.82, 2.24) is 0 Å². The molecule has 23 heavy (non-hydrogen) atoms. The summed E-state index contributed by atoms with van der Waals surface area (Å²) in [4.78, 5) is 12.8. The molecule has 1 amide bonds. The molecule has 0 atom stereocenters. The molecule has 3 aromatic rings. The molecule has 0 bridgehead atoms. The lowest BCUT2D eigenvalue weighted by Crippen LogP contribution is -2.09. The standard InChI is InChI=1S/C18H14FNO2S/c1-22-16-8-2-12(3-9-16)13-10-17(23-11-13)18(21)20-15-6-4-14(19)5-7-15/h2-11H,1H3,(H,20,21). The van der Waals surface area contributed by atoms with Gasteiger partial charge in [0.1, 0.15) is 11.6 Å². The average molecular weight is 327 g/mol. The third-order valence-corrected chi connectivity index (χ3v) is 4.28. The Kier molecular flexibility index (Phi) is 4.39. The Bertz CT molecular complexity index is 810. The van der Waals surface area contributed by atoms with Crippen molar-refractivity contribution in [3.05, 3.63) is 70.7 Å². The van der Waals surface area contributed by atoms with Crippen molar-refractivity contribution in [3.63, 3.8) is 0 Å². The van der Waals surface area contributed by atoms with E-state index < -0.39 is 0 Å². The van der Waals surface area contributed by atoms with E-state index in [-0.39, 0.29) is 11.7 Å². The van der Waals surface area contributed by atoms with Crippen LogP contribution in [0.15, 0.2) is 60.0 Å². The van der Waals surface area contributed by atoms with Crippen LogP contribution in [0.1, 0.15) is 9.67 Å². The first-order valence-electron chi connectivity index (χ1n) is 6.95. The van der Waals surface area contributed by atoms with Gasteiger partial charge < -0.3 is 10.1 Å². The maximum Gasteiger partial charge on any atom is 0.265 e. The van der Waals surface area contributed by atoms with Gasteiger partial charge in [-0.2, -0.15) is 0 Å². The molecule has 0 saturated carbocycles. The number of anilines is 1. The maximum absolute atomic E-state index is 12.9. The molecule has 0 aliphatic heterocycles. The van der Waals surface area contributed by atoms with Gasteiger partial charge in [-0.15, -0.1) is 11.3 Å². The minimum absolute atomic E-state index is 0.207. The molecule has 0 fully saturated rings. The van der Waals surface area contributed by atoms with Crippen LogP contribution in [0.25, 0.3) is 11.1 Å². The summed E-state index contributed by atoms with van der Waals surface area (Å²) in [5.74, 6) is 0.251. The van der Waals surface area contributed by atoms with Crippen LogP contribution in [0.3, 0.4) is 0 Å². The lowest BCUT2D eigenvalue weighted by atomic mass is 10.1. The fourth-order valence-corrected chi connectivity index (χ4v) is 2.93. The van der Waals surface area contributed by atoms with Crippen LogP contribution in [0, 0.1) is 5.82 Å². The Balaban J connectivity index is 1.75. The van der Waals surface area contributed by atoms with Crippen molar-refractivity contribution in [2.45, 2.75) is 0 Å². The number of benzene rings is 2. The van der Waals surface area contributed by atoms with E-state index >= 15 is 0 Å². The van der Waals surface area contributed by atoms with E-state index in [4.69, 9.17) is 4.74 Å². The van der Waals surface area contributed by atoms with Gasteiger partial charge >= 0.3 is 0 Å². The second-order valence-electron chi connectivity index (χ2n) is 4.89. The molecule has 0 aliphatic rings. The zero-order valence-corrected chi connectivity index (χ0v) is 13.2. The van der Waals surface area contributed by atoms with E-state index in [1.54, 1.807) is 7.11 Å². The third-order valence-electron chi connectivity index (χ3n) is 3.35. The number of methoxy groups -OCH3 is 1. The fourth-order valence-electron chi connectivity index (χ4n) is 2.12. The number of hydrogen-bond acceptors (Lipinski definition) is 3. The van der Waals surface area contributed by atoms with Gasteiger partial charge in [0.15, 0.2) is 0 Å². The van der Waals surface area contributed by atoms with Crippen molar-refractivity contribution in [3.8, 4) is 16.9 Å². The molecule has 2 aromatic carbocycles. The Hall–Kier alpha value is -2.66. The Morgan fingerprint density at radius 2 is 1.74 bits per heavy atom.